The summed E-state index contributed by atoms with van der Waals surface area (Å²) in [4.78, 5) is 25.2. The molecule has 0 aliphatic carbocycles. The van der Waals surface area contributed by atoms with Crippen molar-refractivity contribution in [2.75, 3.05) is 6.54 Å². The van der Waals surface area contributed by atoms with Crippen molar-refractivity contribution in [3.63, 3.8) is 0 Å². The molecule has 0 fully saturated rings. The monoisotopic (exact) mass is 315 g/mol. The van der Waals surface area contributed by atoms with Gasteiger partial charge >= 0.3 is 5.97 Å². The average Bonchev–Trinajstić information content (AvgIpc) is 3.19. The summed E-state index contributed by atoms with van der Waals surface area (Å²) in [6.07, 6.45) is 8.72. The molecule has 8 heteroatoms. The van der Waals surface area contributed by atoms with Crippen LogP contribution in [0.25, 0.3) is 0 Å². The van der Waals surface area contributed by atoms with Gasteiger partial charge in [-0.2, -0.15) is 15.3 Å². The van der Waals surface area contributed by atoms with E-state index in [0.29, 0.717) is 44.5 Å². The van der Waals surface area contributed by atoms with Crippen LogP contribution in [0.1, 0.15) is 41.7 Å². The van der Waals surface area contributed by atoms with Crippen molar-refractivity contribution in [2.45, 2.75) is 44.4 Å². The molecule has 120 valence electrons. The van der Waals surface area contributed by atoms with E-state index in [2.05, 4.69) is 21.2 Å². The Bertz CT molecular complexity index is 709. The van der Waals surface area contributed by atoms with Gasteiger partial charge in [-0.1, -0.05) is 0 Å². The van der Waals surface area contributed by atoms with E-state index in [9.17, 15) is 9.59 Å². The zero-order valence-electron chi connectivity index (χ0n) is 12.6. The van der Waals surface area contributed by atoms with Gasteiger partial charge in [0.15, 0.2) is 5.66 Å². The Kier molecular flexibility index (Phi) is 3.86. The normalized spacial score (nSPS) is 17.4. The molecule has 0 bridgehead atoms. The van der Waals surface area contributed by atoms with Gasteiger partial charge in [0, 0.05) is 32.2 Å². The average molecular weight is 315 g/mol. The lowest BCUT2D eigenvalue weighted by atomic mass is 10.0. The largest absolute Gasteiger partial charge is 0.478 e. The minimum Gasteiger partial charge on any atom is -0.478 e. The number of aromatic nitrogens is 2. The second-order valence-electron chi connectivity index (χ2n) is 5.74. The lowest BCUT2D eigenvalue weighted by molar-refractivity contribution is -0.133. The fourth-order valence-electron chi connectivity index (χ4n) is 2.77. The molecule has 1 aromatic heterocycles. The van der Waals surface area contributed by atoms with Gasteiger partial charge < -0.3 is 10.0 Å². The summed E-state index contributed by atoms with van der Waals surface area (Å²) in [5.41, 5.74) is 0.256. The van der Waals surface area contributed by atoms with Crippen LogP contribution < -0.4 is 0 Å². The maximum atomic E-state index is 12.4. The first-order valence-electron chi connectivity index (χ1n) is 7.48. The molecule has 0 aromatic carbocycles. The molecule has 0 saturated carbocycles. The number of terminal acetylenes is 1. The number of aromatic carboxylic acids is 1. The van der Waals surface area contributed by atoms with Crippen molar-refractivity contribution in [3.8, 4) is 12.3 Å². The predicted molar refractivity (Wildman–Crippen MR) is 79.5 cm³/mol. The molecule has 0 saturated heterocycles. The smallest absolute Gasteiger partial charge is 0.339 e. The summed E-state index contributed by atoms with van der Waals surface area (Å²) in [7, 11) is 0. The number of nitrogens with zero attached hydrogens (tertiary/aromatic N) is 5. The van der Waals surface area contributed by atoms with Gasteiger partial charge in [0.2, 0.25) is 5.91 Å². The molecule has 23 heavy (non-hydrogen) atoms. The SMILES string of the molecule is C#CCCC1(CCC(=O)N2CCn3ncc(C(=O)O)c3C2)N=N1. The van der Waals surface area contributed by atoms with E-state index >= 15 is 0 Å². The number of amides is 1. The van der Waals surface area contributed by atoms with E-state index in [1.807, 2.05) is 0 Å². The number of hydrogen-bond donors (Lipinski definition) is 1. The molecule has 2 aliphatic rings. The second kappa shape index (κ2) is 5.83. The van der Waals surface area contributed by atoms with Crippen molar-refractivity contribution in [2.24, 2.45) is 10.2 Å². The Morgan fingerprint density at radius 2 is 2.13 bits per heavy atom. The third kappa shape index (κ3) is 3.08. The number of carbonyl (C=O) groups is 2. The molecule has 0 unspecified atom stereocenters. The van der Waals surface area contributed by atoms with Crippen molar-refractivity contribution in [3.05, 3.63) is 17.5 Å². The van der Waals surface area contributed by atoms with Gasteiger partial charge in [-0.15, -0.1) is 12.3 Å². The summed E-state index contributed by atoms with van der Waals surface area (Å²) in [6.45, 7) is 1.30. The van der Waals surface area contributed by atoms with Crippen LogP contribution in [0.15, 0.2) is 16.4 Å². The number of carbonyl (C=O) groups excluding carboxylic acids is 1. The predicted octanol–water partition coefficient (Wildman–Crippen LogP) is 1.28. The fourth-order valence-corrected chi connectivity index (χ4v) is 2.77. The number of carboxylic acids is 1. The Labute approximate surface area is 133 Å². The molecular formula is C15H17N5O3. The minimum absolute atomic E-state index is 0.0221. The van der Waals surface area contributed by atoms with Gasteiger partial charge in [0.25, 0.3) is 0 Å². The highest BCUT2D eigenvalue weighted by atomic mass is 16.4. The quantitative estimate of drug-likeness (QED) is 0.799. The Balaban J connectivity index is 1.58. The zero-order chi connectivity index (χ0) is 16.4. The standard InChI is InChI=1S/C15H17N5O3/c1-2-3-5-15(17-18-15)6-4-13(21)19-7-8-20-12(10-19)11(9-16-20)14(22)23/h1,9H,3-8,10H2,(H,22,23). The lowest BCUT2D eigenvalue weighted by Crippen LogP contribution is -2.39. The summed E-state index contributed by atoms with van der Waals surface area (Å²) in [6, 6.07) is 0. The van der Waals surface area contributed by atoms with Gasteiger partial charge in [-0.25, -0.2) is 4.79 Å². The second-order valence-corrected chi connectivity index (χ2v) is 5.74. The van der Waals surface area contributed by atoms with Gasteiger partial charge in [0.05, 0.1) is 25.0 Å². The Hall–Kier alpha value is -2.69. The van der Waals surface area contributed by atoms with Crippen LogP contribution in [0.3, 0.4) is 0 Å². The first kappa shape index (κ1) is 15.2. The molecule has 1 aromatic rings. The van der Waals surface area contributed by atoms with Gasteiger partial charge in [0.1, 0.15) is 5.56 Å². The molecule has 8 nitrogen and oxygen atoms in total. The summed E-state index contributed by atoms with van der Waals surface area (Å²) in [5.74, 6) is 1.51. The van der Waals surface area contributed by atoms with E-state index in [-0.39, 0.29) is 18.0 Å². The Morgan fingerprint density at radius 3 is 2.78 bits per heavy atom. The molecular weight excluding hydrogens is 298 g/mol. The molecule has 1 N–H and O–H groups in total. The number of rotatable bonds is 6. The maximum absolute atomic E-state index is 12.4. The minimum atomic E-state index is -1.02. The van der Waals surface area contributed by atoms with Crippen LogP contribution in [0, 0.1) is 12.3 Å². The highest BCUT2D eigenvalue weighted by Crippen LogP contribution is 2.37. The summed E-state index contributed by atoms with van der Waals surface area (Å²) in [5, 5.41) is 21.2. The van der Waals surface area contributed by atoms with Crippen molar-refractivity contribution >= 4 is 11.9 Å². The first-order chi connectivity index (χ1) is 11.0. The van der Waals surface area contributed by atoms with E-state index < -0.39 is 11.6 Å². The third-order valence-corrected chi connectivity index (χ3v) is 4.25. The van der Waals surface area contributed by atoms with Crippen LogP contribution in [0.5, 0.6) is 0 Å². The van der Waals surface area contributed by atoms with E-state index in [1.165, 1.54) is 6.20 Å². The summed E-state index contributed by atoms with van der Waals surface area (Å²) >= 11 is 0. The van der Waals surface area contributed by atoms with Gasteiger partial charge in [-0.3, -0.25) is 9.48 Å². The molecule has 0 atom stereocenters. The van der Waals surface area contributed by atoms with E-state index in [0.717, 1.165) is 0 Å². The number of fused-ring (bicyclic) bond motifs is 1. The van der Waals surface area contributed by atoms with Crippen LogP contribution in [-0.2, 0) is 17.9 Å². The molecule has 1 amide bonds. The topological polar surface area (TPSA) is 100 Å². The lowest BCUT2D eigenvalue weighted by Gasteiger charge is -2.28. The van der Waals surface area contributed by atoms with E-state index in [1.54, 1.807) is 9.58 Å². The highest BCUT2D eigenvalue weighted by molar-refractivity contribution is 5.89. The van der Waals surface area contributed by atoms with Crippen LogP contribution >= 0.6 is 0 Å². The van der Waals surface area contributed by atoms with Crippen LogP contribution in [0.4, 0.5) is 0 Å². The van der Waals surface area contributed by atoms with Crippen molar-refractivity contribution in [1.29, 1.82) is 0 Å². The number of carboxylic acid groups (broad SMARTS) is 1. The summed E-state index contributed by atoms with van der Waals surface area (Å²) < 4.78 is 1.65. The fraction of sp³-hybridized carbons (Fsp3) is 0.533. The zero-order valence-corrected chi connectivity index (χ0v) is 12.6. The van der Waals surface area contributed by atoms with Crippen LogP contribution in [-0.4, -0.2) is 43.9 Å². The highest BCUT2D eigenvalue weighted by Gasteiger charge is 2.40. The molecule has 0 radical (unpaired) electrons. The molecule has 3 heterocycles. The third-order valence-electron chi connectivity index (χ3n) is 4.25. The Morgan fingerprint density at radius 1 is 1.35 bits per heavy atom. The van der Waals surface area contributed by atoms with Crippen LogP contribution in [0.2, 0.25) is 0 Å². The molecule has 3 rings (SSSR count). The maximum Gasteiger partial charge on any atom is 0.339 e. The number of hydrogen-bond acceptors (Lipinski definition) is 5. The first-order valence-corrected chi connectivity index (χ1v) is 7.48. The van der Waals surface area contributed by atoms with Crippen molar-refractivity contribution in [1.82, 2.24) is 14.7 Å². The van der Waals surface area contributed by atoms with Gasteiger partial charge in [-0.05, 0) is 0 Å². The van der Waals surface area contributed by atoms with E-state index in [4.69, 9.17) is 11.5 Å². The molecule has 0 spiro atoms. The van der Waals surface area contributed by atoms with Crippen molar-refractivity contribution < 1.29 is 14.7 Å². The molecule has 2 aliphatic heterocycles.